The van der Waals surface area contributed by atoms with E-state index < -0.39 is 5.91 Å². The Morgan fingerprint density at radius 1 is 1.21 bits per heavy atom. The van der Waals surface area contributed by atoms with E-state index in [2.05, 4.69) is 15.4 Å². The molecule has 2 aromatic heterocycles. The van der Waals surface area contributed by atoms with Crippen molar-refractivity contribution in [1.82, 2.24) is 14.8 Å². The summed E-state index contributed by atoms with van der Waals surface area (Å²) in [6.07, 6.45) is 0.0414. The molecule has 0 spiro atoms. The number of aromatic nitrogens is 3. The Balaban J connectivity index is 1.69. The number of hydrogen-bond acceptors (Lipinski definition) is 7. The van der Waals surface area contributed by atoms with E-state index in [-0.39, 0.29) is 24.5 Å². The number of carbonyl (C=O) groups excluding carboxylic acids is 2. The Morgan fingerprint density at radius 3 is 2.76 bits per heavy atom. The minimum absolute atomic E-state index is 0.0414. The second-order valence-electron chi connectivity index (χ2n) is 6.20. The summed E-state index contributed by atoms with van der Waals surface area (Å²) in [6, 6.07) is 10.7. The standard InChI is InChI=1S/C20H20N4O4S/c1-3-28-19(27)10-14-12-29-20(21-14)22-17(25)11-24-18(26)9-8-16(23-24)15-7-5-4-6-13(15)2/h4-9,12H,3,10-11H2,1-2H3,(H,21,22,25). The summed E-state index contributed by atoms with van der Waals surface area (Å²) < 4.78 is 5.99. The average molecular weight is 412 g/mol. The minimum atomic E-state index is -0.432. The molecule has 0 bridgehead atoms. The van der Waals surface area contributed by atoms with Crippen LogP contribution in [0.1, 0.15) is 18.2 Å². The number of nitrogens with one attached hydrogen (secondary N) is 1. The predicted molar refractivity (Wildman–Crippen MR) is 110 cm³/mol. The normalized spacial score (nSPS) is 10.6. The van der Waals surface area contributed by atoms with Crippen LogP contribution >= 0.6 is 11.3 Å². The second-order valence-corrected chi connectivity index (χ2v) is 7.06. The van der Waals surface area contributed by atoms with Gasteiger partial charge in [0.05, 0.1) is 24.4 Å². The zero-order chi connectivity index (χ0) is 20.8. The lowest BCUT2D eigenvalue weighted by molar-refractivity contribution is -0.142. The number of thiazole rings is 1. The molecule has 0 saturated carbocycles. The van der Waals surface area contributed by atoms with Crippen molar-refractivity contribution in [3.8, 4) is 11.3 Å². The maximum Gasteiger partial charge on any atom is 0.311 e. The van der Waals surface area contributed by atoms with Gasteiger partial charge in [-0.25, -0.2) is 9.67 Å². The second kappa shape index (κ2) is 9.24. The van der Waals surface area contributed by atoms with Gasteiger partial charge in [0.1, 0.15) is 6.54 Å². The number of ether oxygens (including phenoxy) is 1. The number of amides is 1. The van der Waals surface area contributed by atoms with Gasteiger partial charge in [0.15, 0.2) is 5.13 Å². The van der Waals surface area contributed by atoms with Crippen LogP contribution in [0.2, 0.25) is 0 Å². The van der Waals surface area contributed by atoms with Gasteiger partial charge in [0, 0.05) is 17.0 Å². The third-order valence-corrected chi connectivity index (χ3v) is 4.82. The lowest BCUT2D eigenvalue weighted by Gasteiger charge is -2.08. The van der Waals surface area contributed by atoms with Gasteiger partial charge in [-0.3, -0.25) is 14.4 Å². The van der Waals surface area contributed by atoms with Crippen LogP contribution in [0.15, 0.2) is 46.6 Å². The van der Waals surface area contributed by atoms with Crippen LogP contribution in [0.3, 0.4) is 0 Å². The van der Waals surface area contributed by atoms with E-state index in [9.17, 15) is 14.4 Å². The highest BCUT2D eigenvalue weighted by atomic mass is 32.1. The monoisotopic (exact) mass is 412 g/mol. The zero-order valence-electron chi connectivity index (χ0n) is 16.0. The van der Waals surface area contributed by atoms with Gasteiger partial charge >= 0.3 is 5.97 Å². The van der Waals surface area contributed by atoms with Crippen molar-refractivity contribution in [2.24, 2.45) is 0 Å². The largest absolute Gasteiger partial charge is 0.466 e. The van der Waals surface area contributed by atoms with Gasteiger partial charge in [-0.1, -0.05) is 24.3 Å². The zero-order valence-corrected chi connectivity index (χ0v) is 16.9. The average Bonchev–Trinajstić information content (AvgIpc) is 3.10. The van der Waals surface area contributed by atoms with Crippen LogP contribution in [-0.2, 0) is 27.3 Å². The summed E-state index contributed by atoms with van der Waals surface area (Å²) >= 11 is 1.20. The molecule has 1 amide bonds. The molecule has 1 N–H and O–H groups in total. The lowest BCUT2D eigenvalue weighted by atomic mass is 10.1. The number of carbonyl (C=O) groups is 2. The van der Waals surface area contributed by atoms with E-state index in [4.69, 9.17) is 4.74 Å². The van der Waals surface area contributed by atoms with Crippen molar-refractivity contribution in [3.05, 3.63) is 63.4 Å². The first kappa shape index (κ1) is 20.4. The molecule has 0 atom stereocenters. The fraction of sp³-hybridized carbons (Fsp3) is 0.250. The summed E-state index contributed by atoms with van der Waals surface area (Å²) in [6.45, 7) is 3.74. The molecule has 0 radical (unpaired) electrons. The third kappa shape index (κ3) is 5.35. The summed E-state index contributed by atoms with van der Waals surface area (Å²) in [5.41, 5.74) is 2.67. The highest BCUT2D eigenvalue weighted by molar-refractivity contribution is 7.13. The molecular formula is C20H20N4O4S. The molecule has 0 unspecified atom stereocenters. The fourth-order valence-corrected chi connectivity index (χ4v) is 3.39. The SMILES string of the molecule is CCOC(=O)Cc1csc(NC(=O)Cn2nc(-c3ccccc3C)ccc2=O)n1. The number of aryl methyl sites for hydroxylation is 1. The molecule has 0 aliphatic heterocycles. The van der Waals surface area contributed by atoms with Gasteiger partial charge in [0.25, 0.3) is 5.56 Å². The maximum atomic E-state index is 12.3. The topological polar surface area (TPSA) is 103 Å². The lowest BCUT2D eigenvalue weighted by Crippen LogP contribution is -2.29. The first-order chi connectivity index (χ1) is 14.0. The van der Waals surface area contributed by atoms with E-state index in [0.29, 0.717) is 23.1 Å². The van der Waals surface area contributed by atoms with E-state index in [1.165, 1.54) is 17.4 Å². The molecular weight excluding hydrogens is 392 g/mol. The van der Waals surface area contributed by atoms with Crippen LogP contribution in [0.5, 0.6) is 0 Å². The fourth-order valence-electron chi connectivity index (χ4n) is 2.67. The highest BCUT2D eigenvalue weighted by Gasteiger charge is 2.13. The minimum Gasteiger partial charge on any atom is -0.466 e. The molecule has 2 heterocycles. The number of benzene rings is 1. The Bertz CT molecular complexity index is 1090. The highest BCUT2D eigenvalue weighted by Crippen LogP contribution is 2.20. The smallest absolute Gasteiger partial charge is 0.311 e. The number of hydrogen-bond donors (Lipinski definition) is 1. The summed E-state index contributed by atoms with van der Waals surface area (Å²) in [7, 11) is 0. The van der Waals surface area contributed by atoms with E-state index in [1.807, 2.05) is 31.2 Å². The molecule has 0 saturated heterocycles. The van der Waals surface area contributed by atoms with Crippen molar-refractivity contribution < 1.29 is 14.3 Å². The van der Waals surface area contributed by atoms with Gasteiger partial charge in [0.2, 0.25) is 5.91 Å². The number of nitrogens with zero attached hydrogens (tertiary/aromatic N) is 3. The Kier molecular flexibility index (Phi) is 6.50. The number of anilines is 1. The third-order valence-electron chi connectivity index (χ3n) is 4.01. The van der Waals surface area contributed by atoms with Crippen LogP contribution in [0.4, 0.5) is 5.13 Å². The summed E-state index contributed by atoms with van der Waals surface area (Å²) in [5.74, 6) is -0.807. The first-order valence-corrected chi connectivity index (χ1v) is 9.88. The van der Waals surface area contributed by atoms with Crippen LogP contribution in [0.25, 0.3) is 11.3 Å². The van der Waals surface area contributed by atoms with Gasteiger partial charge in [-0.15, -0.1) is 11.3 Å². The van der Waals surface area contributed by atoms with Gasteiger partial charge < -0.3 is 10.1 Å². The van der Waals surface area contributed by atoms with Crippen molar-refractivity contribution in [3.63, 3.8) is 0 Å². The molecule has 3 aromatic rings. The molecule has 0 aliphatic rings. The van der Waals surface area contributed by atoms with Crippen molar-refractivity contribution in [2.75, 3.05) is 11.9 Å². The van der Waals surface area contributed by atoms with Crippen molar-refractivity contribution >= 4 is 28.3 Å². The van der Waals surface area contributed by atoms with E-state index >= 15 is 0 Å². The van der Waals surface area contributed by atoms with Crippen LogP contribution < -0.4 is 10.9 Å². The molecule has 150 valence electrons. The predicted octanol–water partition coefficient (Wildman–Crippen LogP) is 2.42. The Labute approximate surface area is 171 Å². The van der Waals surface area contributed by atoms with Crippen molar-refractivity contribution in [2.45, 2.75) is 26.8 Å². The molecule has 0 fully saturated rings. The van der Waals surface area contributed by atoms with E-state index in [0.717, 1.165) is 15.8 Å². The van der Waals surface area contributed by atoms with Gasteiger partial charge in [-0.2, -0.15) is 5.10 Å². The number of rotatable bonds is 7. The Hall–Kier alpha value is -3.33. The molecule has 29 heavy (non-hydrogen) atoms. The first-order valence-electron chi connectivity index (χ1n) is 9.00. The molecule has 3 rings (SSSR count). The molecule has 0 aliphatic carbocycles. The molecule has 1 aromatic carbocycles. The summed E-state index contributed by atoms with van der Waals surface area (Å²) in [4.78, 5) is 40.2. The maximum absolute atomic E-state index is 12.3. The number of esters is 1. The van der Waals surface area contributed by atoms with Crippen molar-refractivity contribution in [1.29, 1.82) is 0 Å². The van der Waals surface area contributed by atoms with Crippen LogP contribution in [-0.4, -0.2) is 33.2 Å². The van der Waals surface area contributed by atoms with Gasteiger partial charge in [-0.05, 0) is 25.5 Å². The molecule has 8 nitrogen and oxygen atoms in total. The molecule has 9 heteroatoms. The van der Waals surface area contributed by atoms with E-state index in [1.54, 1.807) is 18.4 Å². The van der Waals surface area contributed by atoms with Crippen LogP contribution in [0, 0.1) is 6.92 Å². The summed E-state index contributed by atoms with van der Waals surface area (Å²) in [5, 5.41) is 8.97. The quantitative estimate of drug-likeness (QED) is 0.598. The Morgan fingerprint density at radius 2 is 2.00 bits per heavy atom.